The molecule has 0 spiro atoms. The Balaban J connectivity index is 2.23. The highest BCUT2D eigenvalue weighted by Gasteiger charge is 2.10. The fourth-order valence-corrected chi connectivity index (χ4v) is 2.01. The third-order valence-corrected chi connectivity index (χ3v) is 2.80. The minimum atomic E-state index is -0.494. The number of hydrogen-bond acceptors (Lipinski definition) is 3. The first-order valence-corrected chi connectivity index (χ1v) is 6.10. The number of non-ortho nitro benzene ring substituents is 1. The van der Waals surface area contributed by atoms with E-state index in [2.05, 4.69) is 5.32 Å². The number of nitrogens with one attached hydrogen (secondary N) is 1. The first-order valence-electron chi connectivity index (χ1n) is 6.10. The van der Waals surface area contributed by atoms with Crippen molar-refractivity contribution in [2.75, 3.05) is 5.32 Å². The number of nitrogens with zero attached hydrogens (tertiary/aromatic N) is 1. The maximum absolute atomic E-state index is 12.1. The first kappa shape index (κ1) is 13.7. The number of amides is 1. The summed E-state index contributed by atoms with van der Waals surface area (Å²) in [6, 6.07) is 11.4. The molecule has 0 saturated heterocycles. The van der Waals surface area contributed by atoms with Crippen molar-refractivity contribution in [3.8, 4) is 0 Å². The van der Waals surface area contributed by atoms with Gasteiger partial charge in [-0.1, -0.05) is 23.3 Å². The van der Waals surface area contributed by atoms with E-state index in [9.17, 15) is 14.9 Å². The highest BCUT2D eigenvalue weighted by atomic mass is 16.6. The van der Waals surface area contributed by atoms with Gasteiger partial charge in [0.05, 0.1) is 4.92 Å². The number of nitro benzene ring substituents is 1. The van der Waals surface area contributed by atoms with E-state index in [1.807, 2.05) is 19.9 Å². The second-order valence-electron chi connectivity index (χ2n) is 4.64. The van der Waals surface area contributed by atoms with Crippen LogP contribution < -0.4 is 5.32 Å². The number of anilines is 1. The van der Waals surface area contributed by atoms with Crippen molar-refractivity contribution in [2.24, 2.45) is 0 Å². The standard InChI is InChI=1S/C15H14N2O3/c1-10-6-11(2)8-12(7-10)15(18)16-13-4-3-5-14(9-13)17(19)20/h3-9H,1-2H3,(H,16,18). The van der Waals surface area contributed by atoms with Crippen molar-refractivity contribution in [3.63, 3.8) is 0 Å². The monoisotopic (exact) mass is 270 g/mol. The van der Waals surface area contributed by atoms with Crippen LogP contribution in [0.2, 0.25) is 0 Å². The molecule has 2 aromatic carbocycles. The number of carbonyl (C=O) groups is 1. The van der Waals surface area contributed by atoms with Crippen LogP contribution in [0.5, 0.6) is 0 Å². The zero-order valence-corrected chi connectivity index (χ0v) is 11.2. The van der Waals surface area contributed by atoms with Gasteiger partial charge in [-0.25, -0.2) is 0 Å². The Morgan fingerprint density at radius 2 is 1.75 bits per heavy atom. The molecule has 102 valence electrons. The molecular weight excluding hydrogens is 256 g/mol. The first-order chi connectivity index (χ1) is 9.45. The van der Waals surface area contributed by atoms with Crippen molar-refractivity contribution in [3.05, 3.63) is 69.3 Å². The molecule has 0 bridgehead atoms. The third-order valence-electron chi connectivity index (χ3n) is 2.80. The normalized spacial score (nSPS) is 10.1. The summed E-state index contributed by atoms with van der Waals surface area (Å²) in [5.74, 6) is -0.280. The van der Waals surface area contributed by atoms with Gasteiger partial charge in [-0.05, 0) is 32.0 Å². The molecule has 0 fully saturated rings. The van der Waals surface area contributed by atoms with Crippen LogP contribution in [-0.4, -0.2) is 10.8 Å². The molecule has 2 aromatic rings. The fourth-order valence-electron chi connectivity index (χ4n) is 2.01. The molecule has 0 aliphatic carbocycles. The number of rotatable bonds is 3. The third kappa shape index (κ3) is 3.20. The van der Waals surface area contributed by atoms with E-state index in [4.69, 9.17) is 0 Å². The van der Waals surface area contributed by atoms with Gasteiger partial charge >= 0.3 is 0 Å². The molecule has 0 aliphatic rings. The van der Waals surface area contributed by atoms with Crippen LogP contribution in [0.25, 0.3) is 0 Å². The zero-order valence-electron chi connectivity index (χ0n) is 11.2. The minimum absolute atomic E-state index is 0.0526. The SMILES string of the molecule is Cc1cc(C)cc(C(=O)Nc2cccc([N+](=O)[O-])c2)c1. The predicted molar refractivity (Wildman–Crippen MR) is 77.0 cm³/mol. The van der Waals surface area contributed by atoms with Crippen LogP contribution in [0, 0.1) is 24.0 Å². The summed E-state index contributed by atoms with van der Waals surface area (Å²) in [4.78, 5) is 22.3. The number of hydrogen-bond donors (Lipinski definition) is 1. The van der Waals surface area contributed by atoms with Crippen LogP contribution in [0.4, 0.5) is 11.4 Å². The van der Waals surface area contributed by atoms with Crippen molar-refractivity contribution in [2.45, 2.75) is 13.8 Å². The lowest BCUT2D eigenvalue weighted by molar-refractivity contribution is -0.384. The Kier molecular flexibility index (Phi) is 3.79. The van der Waals surface area contributed by atoms with Gasteiger partial charge in [-0.15, -0.1) is 0 Å². The summed E-state index contributed by atoms with van der Waals surface area (Å²) in [5.41, 5.74) is 2.88. The molecule has 20 heavy (non-hydrogen) atoms. The Labute approximate surface area is 116 Å². The Morgan fingerprint density at radius 1 is 1.10 bits per heavy atom. The number of carbonyl (C=O) groups excluding carboxylic acids is 1. The number of aryl methyl sites for hydroxylation is 2. The lowest BCUT2D eigenvalue weighted by Gasteiger charge is -2.07. The molecule has 5 heteroatoms. The molecule has 0 atom stereocenters. The van der Waals surface area contributed by atoms with E-state index < -0.39 is 4.92 Å². The van der Waals surface area contributed by atoms with Crippen LogP contribution in [0.15, 0.2) is 42.5 Å². The molecular formula is C15H14N2O3. The molecule has 0 unspecified atom stereocenters. The summed E-state index contributed by atoms with van der Waals surface area (Å²) >= 11 is 0. The molecule has 5 nitrogen and oxygen atoms in total. The van der Waals surface area contributed by atoms with E-state index in [0.717, 1.165) is 11.1 Å². The molecule has 0 aliphatic heterocycles. The maximum atomic E-state index is 12.1. The molecule has 0 radical (unpaired) electrons. The highest BCUT2D eigenvalue weighted by molar-refractivity contribution is 6.04. The highest BCUT2D eigenvalue weighted by Crippen LogP contribution is 2.18. The fraction of sp³-hybridized carbons (Fsp3) is 0.133. The second-order valence-corrected chi connectivity index (χ2v) is 4.64. The van der Waals surface area contributed by atoms with Gasteiger partial charge in [0.2, 0.25) is 0 Å². The minimum Gasteiger partial charge on any atom is -0.322 e. The average Bonchev–Trinajstić information content (AvgIpc) is 2.37. The van der Waals surface area contributed by atoms with Crippen molar-refractivity contribution in [1.82, 2.24) is 0 Å². The summed E-state index contributed by atoms with van der Waals surface area (Å²) in [6.07, 6.45) is 0. The van der Waals surface area contributed by atoms with Gasteiger partial charge < -0.3 is 5.32 Å². The van der Waals surface area contributed by atoms with Crippen LogP contribution in [0.1, 0.15) is 21.5 Å². The molecule has 0 heterocycles. The van der Waals surface area contributed by atoms with Gasteiger partial charge in [-0.2, -0.15) is 0 Å². The van der Waals surface area contributed by atoms with Gasteiger partial charge in [-0.3, -0.25) is 14.9 Å². The molecule has 1 N–H and O–H groups in total. The van der Waals surface area contributed by atoms with Gasteiger partial charge in [0.15, 0.2) is 0 Å². The number of benzene rings is 2. The largest absolute Gasteiger partial charge is 0.322 e. The van der Waals surface area contributed by atoms with Crippen molar-refractivity contribution in [1.29, 1.82) is 0 Å². The second kappa shape index (κ2) is 5.52. The summed E-state index contributed by atoms with van der Waals surface area (Å²) in [5, 5.41) is 13.4. The lowest BCUT2D eigenvalue weighted by Crippen LogP contribution is -2.12. The summed E-state index contributed by atoms with van der Waals surface area (Å²) < 4.78 is 0. The Morgan fingerprint density at radius 3 is 2.35 bits per heavy atom. The average molecular weight is 270 g/mol. The Hall–Kier alpha value is -2.69. The maximum Gasteiger partial charge on any atom is 0.271 e. The molecule has 0 saturated carbocycles. The van der Waals surface area contributed by atoms with E-state index >= 15 is 0 Å². The summed E-state index contributed by atoms with van der Waals surface area (Å²) in [7, 11) is 0. The van der Waals surface area contributed by atoms with Crippen LogP contribution in [-0.2, 0) is 0 Å². The van der Waals surface area contributed by atoms with Gasteiger partial charge in [0, 0.05) is 23.4 Å². The smallest absolute Gasteiger partial charge is 0.271 e. The molecule has 2 rings (SSSR count). The van der Waals surface area contributed by atoms with Crippen molar-refractivity contribution < 1.29 is 9.72 Å². The van der Waals surface area contributed by atoms with Crippen molar-refractivity contribution >= 4 is 17.3 Å². The lowest BCUT2D eigenvalue weighted by atomic mass is 10.1. The molecule has 1 amide bonds. The van der Waals surface area contributed by atoms with Gasteiger partial charge in [0.1, 0.15) is 0 Å². The van der Waals surface area contributed by atoms with E-state index in [0.29, 0.717) is 11.3 Å². The predicted octanol–water partition coefficient (Wildman–Crippen LogP) is 3.46. The Bertz CT molecular complexity index is 660. The topological polar surface area (TPSA) is 72.2 Å². The zero-order chi connectivity index (χ0) is 14.7. The van der Waals surface area contributed by atoms with Crippen LogP contribution in [0.3, 0.4) is 0 Å². The quantitative estimate of drug-likeness (QED) is 0.685. The van der Waals surface area contributed by atoms with E-state index in [1.165, 1.54) is 18.2 Å². The van der Waals surface area contributed by atoms with E-state index in [-0.39, 0.29) is 11.6 Å². The van der Waals surface area contributed by atoms with Crippen LogP contribution >= 0.6 is 0 Å². The van der Waals surface area contributed by atoms with Gasteiger partial charge in [0.25, 0.3) is 11.6 Å². The molecule has 0 aromatic heterocycles. The van der Waals surface area contributed by atoms with E-state index in [1.54, 1.807) is 18.2 Å². The summed E-state index contributed by atoms with van der Waals surface area (Å²) in [6.45, 7) is 3.83. The number of nitro groups is 1.